The Morgan fingerprint density at radius 2 is 2.27 bits per heavy atom. The lowest BCUT2D eigenvalue weighted by Gasteiger charge is -2.05. The van der Waals surface area contributed by atoms with E-state index in [1.54, 1.807) is 0 Å². The van der Waals surface area contributed by atoms with Crippen molar-refractivity contribution in [2.24, 2.45) is 0 Å². The molecule has 1 aromatic heterocycles. The molecule has 0 aromatic carbocycles. The zero-order valence-corrected chi connectivity index (χ0v) is 8.62. The zero-order chi connectivity index (χ0) is 11.1. The molecule has 1 aliphatic heterocycles. The molecule has 0 aliphatic carbocycles. The Labute approximate surface area is 85.9 Å². The maximum absolute atomic E-state index is 11.2. The summed E-state index contributed by atoms with van der Waals surface area (Å²) in [7, 11) is -3.01. The van der Waals surface area contributed by atoms with Gasteiger partial charge in [0, 0.05) is 5.92 Å². The van der Waals surface area contributed by atoms with Crippen LogP contribution < -0.4 is 5.56 Å². The average molecular weight is 230 g/mol. The van der Waals surface area contributed by atoms with Crippen LogP contribution in [0.2, 0.25) is 0 Å². The van der Waals surface area contributed by atoms with E-state index >= 15 is 0 Å². The highest BCUT2D eigenvalue weighted by Crippen LogP contribution is 2.26. The standard InChI is InChI=1S/C8H10N2O4S/c11-6-3-7(12)10-8(9-6)5-1-2-15(13,14)4-5/h3,5H,1-2,4H2,(H2,9,10,11,12). The van der Waals surface area contributed by atoms with Gasteiger partial charge in [0.25, 0.3) is 5.56 Å². The van der Waals surface area contributed by atoms with E-state index in [0.717, 1.165) is 6.07 Å². The Morgan fingerprint density at radius 3 is 2.80 bits per heavy atom. The first kappa shape index (κ1) is 10.2. The third-order valence-electron chi connectivity index (χ3n) is 2.37. The highest BCUT2D eigenvalue weighted by Gasteiger charge is 2.30. The SMILES string of the molecule is O=c1cc(O)nc(C2CCS(=O)(=O)C2)[nH]1. The van der Waals surface area contributed by atoms with Crippen molar-refractivity contribution >= 4 is 9.84 Å². The summed E-state index contributed by atoms with van der Waals surface area (Å²) in [5.41, 5.74) is -0.471. The van der Waals surface area contributed by atoms with Gasteiger partial charge >= 0.3 is 0 Å². The molecular weight excluding hydrogens is 220 g/mol. The molecule has 0 amide bonds. The number of hydrogen-bond donors (Lipinski definition) is 2. The summed E-state index contributed by atoms with van der Waals surface area (Å²) in [5.74, 6) is -0.343. The van der Waals surface area contributed by atoms with E-state index in [9.17, 15) is 13.2 Å². The van der Waals surface area contributed by atoms with Crippen molar-refractivity contribution in [1.82, 2.24) is 9.97 Å². The second-order valence-electron chi connectivity index (χ2n) is 3.59. The Bertz CT molecular complexity index is 534. The summed E-state index contributed by atoms with van der Waals surface area (Å²) in [6.07, 6.45) is 0.439. The van der Waals surface area contributed by atoms with E-state index < -0.39 is 15.4 Å². The number of aromatic amines is 1. The smallest absolute Gasteiger partial charge is 0.254 e. The van der Waals surface area contributed by atoms with Crippen molar-refractivity contribution in [2.75, 3.05) is 11.5 Å². The van der Waals surface area contributed by atoms with Crippen LogP contribution in [-0.2, 0) is 9.84 Å². The summed E-state index contributed by atoms with van der Waals surface area (Å²) in [6, 6.07) is 0.951. The van der Waals surface area contributed by atoms with Gasteiger partial charge in [-0.25, -0.2) is 8.42 Å². The molecule has 2 rings (SSSR count). The van der Waals surface area contributed by atoms with Gasteiger partial charge in [0.2, 0.25) is 5.88 Å². The van der Waals surface area contributed by atoms with Crippen LogP contribution >= 0.6 is 0 Å². The molecule has 1 aromatic rings. The van der Waals surface area contributed by atoms with Crippen LogP contribution in [0.3, 0.4) is 0 Å². The number of rotatable bonds is 1. The fourth-order valence-corrected chi connectivity index (χ4v) is 3.42. The molecule has 0 saturated carbocycles. The third kappa shape index (κ3) is 2.17. The molecule has 15 heavy (non-hydrogen) atoms. The normalized spacial score (nSPS) is 24.1. The summed E-state index contributed by atoms with van der Waals surface area (Å²) >= 11 is 0. The molecule has 0 bridgehead atoms. The third-order valence-corrected chi connectivity index (χ3v) is 4.13. The minimum atomic E-state index is -3.01. The van der Waals surface area contributed by atoms with Crippen molar-refractivity contribution in [3.05, 3.63) is 22.2 Å². The van der Waals surface area contributed by atoms with E-state index in [-0.39, 0.29) is 29.1 Å². The van der Waals surface area contributed by atoms with Crippen LogP contribution in [-0.4, -0.2) is 35.0 Å². The van der Waals surface area contributed by atoms with Crippen LogP contribution in [0.25, 0.3) is 0 Å². The first-order chi connectivity index (χ1) is 6.96. The minimum absolute atomic E-state index is 0.0145. The zero-order valence-electron chi connectivity index (χ0n) is 7.80. The van der Waals surface area contributed by atoms with Gasteiger partial charge in [0.05, 0.1) is 17.6 Å². The predicted molar refractivity (Wildman–Crippen MR) is 52.5 cm³/mol. The molecule has 82 valence electrons. The number of nitrogens with zero attached hydrogens (tertiary/aromatic N) is 1. The molecule has 1 fully saturated rings. The maximum atomic E-state index is 11.2. The minimum Gasteiger partial charge on any atom is -0.493 e. The number of aromatic hydroxyl groups is 1. The number of nitrogens with one attached hydrogen (secondary N) is 1. The van der Waals surface area contributed by atoms with Crippen LogP contribution in [0, 0.1) is 0 Å². The molecule has 2 heterocycles. The molecule has 1 atom stereocenters. The molecule has 1 aliphatic rings. The molecule has 1 unspecified atom stereocenters. The summed E-state index contributed by atoms with van der Waals surface area (Å²) < 4.78 is 22.4. The average Bonchev–Trinajstić information content (AvgIpc) is 2.44. The molecule has 6 nitrogen and oxygen atoms in total. The maximum Gasteiger partial charge on any atom is 0.254 e. The van der Waals surface area contributed by atoms with Gasteiger partial charge in [0.1, 0.15) is 5.82 Å². The van der Waals surface area contributed by atoms with E-state index in [0.29, 0.717) is 6.42 Å². The Morgan fingerprint density at radius 1 is 1.53 bits per heavy atom. The monoisotopic (exact) mass is 230 g/mol. The lowest BCUT2D eigenvalue weighted by atomic mass is 10.1. The summed E-state index contributed by atoms with van der Waals surface area (Å²) in [4.78, 5) is 17.2. The van der Waals surface area contributed by atoms with Gasteiger partial charge in [-0.05, 0) is 6.42 Å². The summed E-state index contributed by atoms with van der Waals surface area (Å²) in [6.45, 7) is 0. The molecule has 0 spiro atoms. The van der Waals surface area contributed by atoms with Crippen molar-refractivity contribution in [3.8, 4) is 5.88 Å². The quantitative estimate of drug-likeness (QED) is 0.669. The number of hydrogen-bond acceptors (Lipinski definition) is 5. The highest BCUT2D eigenvalue weighted by molar-refractivity contribution is 7.91. The first-order valence-electron chi connectivity index (χ1n) is 4.47. The Hall–Kier alpha value is -1.37. The largest absolute Gasteiger partial charge is 0.493 e. The lowest BCUT2D eigenvalue weighted by molar-refractivity contribution is 0.445. The van der Waals surface area contributed by atoms with Crippen molar-refractivity contribution in [3.63, 3.8) is 0 Å². The van der Waals surface area contributed by atoms with Gasteiger partial charge in [-0.2, -0.15) is 4.98 Å². The molecule has 0 radical (unpaired) electrons. The van der Waals surface area contributed by atoms with Gasteiger partial charge in [0.15, 0.2) is 9.84 Å². The van der Waals surface area contributed by atoms with Gasteiger partial charge in [-0.15, -0.1) is 0 Å². The second-order valence-corrected chi connectivity index (χ2v) is 5.82. The number of sulfone groups is 1. The lowest BCUT2D eigenvalue weighted by Crippen LogP contribution is -2.14. The Balaban J connectivity index is 2.36. The van der Waals surface area contributed by atoms with Crippen molar-refractivity contribution in [2.45, 2.75) is 12.3 Å². The van der Waals surface area contributed by atoms with E-state index in [4.69, 9.17) is 5.11 Å². The van der Waals surface area contributed by atoms with Crippen molar-refractivity contribution < 1.29 is 13.5 Å². The molecule has 7 heteroatoms. The summed E-state index contributed by atoms with van der Waals surface area (Å²) in [5, 5.41) is 9.10. The van der Waals surface area contributed by atoms with Gasteiger partial charge in [-0.3, -0.25) is 4.79 Å². The second kappa shape index (κ2) is 3.34. The Kier molecular flexibility index (Phi) is 2.26. The van der Waals surface area contributed by atoms with E-state index in [1.165, 1.54) is 0 Å². The van der Waals surface area contributed by atoms with Crippen LogP contribution in [0.5, 0.6) is 5.88 Å². The van der Waals surface area contributed by atoms with Gasteiger partial charge in [-0.1, -0.05) is 0 Å². The fraction of sp³-hybridized carbons (Fsp3) is 0.500. The van der Waals surface area contributed by atoms with Crippen LogP contribution in [0.1, 0.15) is 18.2 Å². The van der Waals surface area contributed by atoms with Gasteiger partial charge < -0.3 is 10.1 Å². The van der Waals surface area contributed by atoms with Crippen LogP contribution in [0.15, 0.2) is 10.9 Å². The van der Waals surface area contributed by atoms with Crippen molar-refractivity contribution in [1.29, 1.82) is 0 Å². The molecule has 2 N–H and O–H groups in total. The predicted octanol–water partition coefficient (Wildman–Crippen LogP) is -0.622. The number of aromatic nitrogens is 2. The fourth-order valence-electron chi connectivity index (χ4n) is 1.67. The number of H-pyrrole nitrogens is 1. The van der Waals surface area contributed by atoms with E-state index in [2.05, 4.69) is 9.97 Å². The molecular formula is C8H10N2O4S. The van der Waals surface area contributed by atoms with Crippen LogP contribution in [0.4, 0.5) is 0 Å². The molecule has 1 saturated heterocycles. The first-order valence-corrected chi connectivity index (χ1v) is 6.29. The van der Waals surface area contributed by atoms with E-state index in [1.807, 2.05) is 0 Å². The topological polar surface area (TPSA) is 100 Å². The highest BCUT2D eigenvalue weighted by atomic mass is 32.2.